The number of hydrogen-bond acceptors (Lipinski definition) is 2. The van der Waals surface area contributed by atoms with Gasteiger partial charge in [0.2, 0.25) is 0 Å². The SMILES string of the molecule is O=[N+]([O-])c1cc(C(F)F)c(Cl)cc1Cl. The van der Waals surface area contributed by atoms with Crippen LogP contribution < -0.4 is 0 Å². The molecule has 0 spiro atoms. The van der Waals surface area contributed by atoms with E-state index in [9.17, 15) is 18.9 Å². The summed E-state index contributed by atoms with van der Waals surface area (Å²) in [6.45, 7) is 0. The van der Waals surface area contributed by atoms with Crippen molar-refractivity contribution in [2.24, 2.45) is 0 Å². The van der Waals surface area contributed by atoms with Crippen LogP contribution in [0.4, 0.5) is 14.5 Å². The van der Waals surface area contributed by atoms with Crippen LogP contribution in [0.2, 0.25) is 10.0 Å². The first kappa shape index (κ1) is 11.1. The number of nitro groups is 1. The number of alkyl halides is 2. The Morgan fingerprint density at radius 1 is 1.29 bits per heavy atom. The third kappa shape index (κ3) is 2.10. The van der Waals surface area contributed by atoms with E-state index < -0.39 is 22.6 Å². The molecule has 0 heterocycles. The van der Waals surface area contributed by atoms with Gasteiger partial charge in [0.1, 0.15) is 5.02 Å². The van der Waals surface area contributed by atoms with Crippen molar-refractivity contribution < 1.29 is 13.7 Å². The van der Waals surface area contributed by atoms with Crippen LogP contribution in [0.1, 0.15) is 12.0 Å². The summed E-state index contributed by atoms with van der Waals surface area (Å²) in [7, 11) is 0. The number of halogens is 4. The van der Waals surface area contributed by atoms with Gasteiger partial charge >= 0.3 is 0 Å². The van der Waals surface area contributed by atoms with E-state index in [-0.39, 0.29) is 10.0 Å². The molecule has 1 rings (SSSR count). The zero-order valence-corrected chi connectivity index (χ0v) is 8.02. The standard InChI is InChI=1S/C7H3Cl2F2NO2/c8-4-2-5(9)6(12(13)14)1-3(4)7(10)11/h1-2,7H. The first-order valence-electron chi connectivity index (χ1n) is 3.35. The van der Waals surface area contributed by atoms with Crippen LogP contribution in [0, 0.1) is 10.1 Å². The highest BCUT2D eigenvalue weighted by Gasteiger charge is 2.20. The molecule has 0 aromatic heterocycles. The van der Waals surface area contributed by atoms with Gasteiger partial charge in [-0.2, -0.15) is 0 Å². The summed E-state index contributed by atoms with van der Waals surface area (Å²) in [5.74, 6) is 0. The first-order valence-corrected chi connectivity index (χ1v) is 4.10. The van der Waals surface area contributed by atoms with E-state index in [0.717, 1.165) is 6.07 Å². The van der Waals surface area contributed by atoms with Crippen molar-refractivity contribution in [3.63, 3.8) is 0 Å². The zero-order chi connectivity index (χ0) is 10.9. The lowest BCUT2D eigenvalue weighted by Gasteiger charge is -2.03. The van der Waals surface area contributed by atoms with Crippen LogP contribution in [0.25, 0.3) is 0 Å². The maximum Gasteiger partial charge on any atom is 0.288 e. The average molecular weight is 242 g/mol. The van der Waals surface area contributed by atoms with Gasteiger partial charge in [0.25, 0.3) is 12.1 Å². The summed E-state index contributed by atoms with van der Waals surface area (Å²) in [5, 5.41) is 9.80. The molecule has 0 saturated heterocycles. The topological polar surface area (TPSA) is 43.1 Å². The molecule has 0 aliphatic rings. The van der Waals surface area contributed by atoms with E-state index in [2.05, 4.69) is 0 Å². The minimum absolute atomic E-state index is 0.260. The molecule has 76 valence electrons. The summed E-state index contributed by atoms with van der Waals surface area (Å²) in [6, 6.07) is 1.61. The highest BCUT2D eigenvalue weighted by atomic mass is 35.5. The Morgan fingerprint density at radius 3 is 2.29 bits per heavy atom. The fraction of sp³-hybridized carbons (Fsp3) is 0.143. The van der Waals surface area contributed by atoms with Crippen molar-refractivity contribution in [2.75, 3.05) is 0 Å². The second kappa shape index (κ2) is 4.06. The molecule has 0 amide bonds. The fourth-order valence-electron chi connectivity index (χ4n) is 0.861. The Labute approximate surface area is 87.4 Å². The lowest BCUT2D eigenvalue weighted by Crippen LogP contribution is -1.93. The van der Waals surface area contributed by atoms with Gasteiger partial charge in [0, 0.05) is 11.6 Å². The lowest BCUT2D eigenvalue weighted by molar-refractivity contribution is -0.384. The number of nitrogens with zero attached hydrogens (tertiary/aromatic N) is 1. The third-order valence-corrected chi connectivity index (χ3v) is 2.13. The van der Waals surface area contributed by atoms with Gasteiger partial charge in [-0.15, -0.1) is 0 Å². The Morgan fingerprint density at radius 2 is 1.86 bits per heavy atom. The van der Waals surface area contributed by atoms with Gasteiger partial charge in [-0.25, -0.2) is 8.78 Å². The largest absolute Gasteiger partial charge is 0.288 e. The molecule has 1 aromatic carbocycles. The molecule has 3 nitrogen and oxygen atoms in total. The quantitative estimate of drug-likeness (QED) is 0.584. The van der Waals surface area contributed by atoms with E-state index >= 15 is 0 Å². The normalized spacial score (nSPS) is 10.6. The smallest absolute Gasteiger partial charge is 0.258 e. The molecular formula is C7H3Cl2F2NO2. The lowest BCUT2D eigenvalue weighted by atomic mass is 10.2. The maximum absolute atomic E-state index is 12.3. The van der Waals surface area contributed by atoms with Gasteiger partial charge in [-0.05, 0) is 6.07 Å². The Kier molecular flexibility index (Phi) is 3.23. The van der Waals surface area contributed by atoms with E-state index in [0.29, 0.717) is 6.07 Å². The number of benzene rings is 1. The molecule has 0 aliphatic heterocycles. The predicted molar refractivity (Wildman–Crippen MR) is 48.1 cm³/mol. The highest BCUT2D eigenvalue weighted by Crippen LogP contribution is 2.35. The van der Waals surface area contributed by atoms with Crippen LogP contribution >= 0.6 is 23.2 Å². The van der Waals surface area contributed by atoms with Crippen molar-refractivity contribution in [1.82, 2.24) is 0 Å². The average Bonchev–Trinajstić information content (AvgIpc) is 2.02. The maximum atomic E-state index is 12.3. The van der Waals surface area contributed by atoms with E-state index in [1.807, 2.05) is 0 Å². The third-order valence-electron chi connectivity index (χ3n) is 1.50. The van der Waals surface area contributed by atoms with E-state index in [1.54, 1.807) is 0 Å². The second-order valence-electron chi connectivity index (χ2n) is 2.38. The van der Waals surface area contributed by atoms with Crippen molar-refractivity contribution in [1.29, 1.82) is 0 Å². The Bertz CT molecular complexity index is 384. The van der Waals surface area contributed by atoms with Crippen molar-refractivity contribution >= 4 is 28.9 Å². The molecule has 0 bridgehead atoms. The number of nitro benzene ring substituents is 1. The summed E-state index contributed by atoms with van der Waals surface area (Å²) >= 11 is 10.8. The molecule has 0 N–H and O–H groups in total. The predicted octanol–water partition coefficient (Wildman–Crippen LogP) is 3.84. The minimum Gasteiger partial charge on any atom is -0.258 e. The van der Waals surface area contributed by atoms with Gasteiger partial charge in [-0.1, -0.05) is 23.2 Å². The molecule has 0 fully saturated rings. The number of hydrogen-bond donors (Lipinski definition) is 0. The Balaban J connectivity index is 3.34. The van der Waals surface area contributed by atoms with Gasteiger partial charge in [0.05, 0.1) is 9.95 Å². The number of rotatable bonds is 2. The van der Waals surface area contributed by atoms with Crippen LogP contribution in [0.3, 0.4) is 0 Å². The van der Waals surface area contributed by atoms with Crippen LogP contribution in [0.5, 0.6) is 0 Å². The first-order chi connectivity index (χ1) is 6.43. The van der Waals surface area contributed by atoms with Crippen molar-refractivity contribution in [2.45, 2.75) is 6.43 Å². The van der Waals surface area contributed by atoms with E-state index in [1.165, 1.54) is 0 Å². The monoisotopic (exact) mass is 241 g/mol. The zero-order valence-electron chi connectivity index (χ0n) is 6.51. The van der Waals surface area contributed by atoms with Gasteiger partial charge in [-0.3, -0.25) is 10.1 Å². The van der Waals surface area contributed by atoms with Gasteiger partial charge in [0.15, 0.2) is 0 Å². The molecule has 1 aromatic rings. The van der Waals surface area contributed by atoms with Crippen molar-refractivity contribution in [3.05, 3.63) is 37.9 Å². The molecule has 0 saturated carbocycles. The summed E-state index contributed by atoms with van der Waals surface area (Å²) in [6.07, 6.45) is -2.86. The minimum atomic E-state index is -2.86. The summed E-state index contributed by atoms with van der Waals surface area (Å²) in [4.78, 5) is 9.50. The summed E-state index contributed by atoms with van der Waals surface area (Å²) < 4.78 is 24.5. The van der Waals surface area contributed by atoms with Crippen LogP contribution in [-0.4, -0.2) is 4.92 Å². The van der Waals surface area contributed by atoms with Crippen LogP contribution in [0.15, 0.2) is 12.1 Å². The van der Waals surface area contributed by atoms with Crippen LogP contribution in [-0.2, 0) is 0 Å². The molecule has 0 radical (unpaired) electrons. The summed E-state index contributed by atoms with van der Waals surface area (Å²) in [5.41, 5.74) is -1.17. The molecule has 0 atom stereocenters. The van der Waals surface area contributed by atoms with E-state index in [4.69, 9.17) is 23.2 Å². The molecule has 0 aliphatic carbocycles. The Hall–Kier alpha value is -0.940. The fourth-order valence-corrected chi connectivity index (χ4v) is 1.40. The molecule has 14 heavy (non-hydrogen) atoms. The van der Waals surface area contributed by atoms with Gasteiger partial charge < -0.3 is 0 Å². The molecular weight excluding hydrogens is 239 g/mol. The molecule has 7 heteroatoms. The second-order valence-corrected chi connectivity index (χ2v) is 3.20. The molecule has 0 unspecified atom stereocenters. The highest BCUT2D eigenvalue weighted by molar-refractivity contribution is 6.36. The van der Waals surface area contributed by atoms with Crippen molar-refractivity contribution in [3.8, 4) is 0 Å².